The first-order valence-corrected chi connectivity index (χ1v) is 10.5. The number of amides is 2. The maximum atomic E-state index is 12.3. The van der Waals surface area contributed by atoms with Crippen molar-refractivity contribution in [2.75, 3.05) is 13.1 Å². The van der Waals surface area contributed by atoms with Crippen molar-refractivity contribution in [3.63, 3.8) is 0 Å². The zero-order chi connectivity index (χ0) is 18.6. The van der Waals surface area contributed by atoms with Crippen LogP contribution < -0.4 is 4.72 Å². The number of rotatable bonds is 4. The Bertz CT molecular complexity index is 840. The van der Waals surface area contributed by atoms with Gasteiger partial charge in [-0.25, -0.2) is 17.9 Å². The van der Waals surface area contributed by atoms with Crippen LogP contribution >= 0.6 is 0 Å². The van der Waals surface area contributed by atoms with Gasteiger partial charge < -0.3 is 4.90 Å². The number of nitrogens with zero attached hydrogens (tertiary/aromatic N) is 1. The summed E-state index contributed by atoms with van der Waals surface area (Å²) < 4.78 is 26.7. The van der Waals surface area contributed by atoms with E-state index in [1.165, 1.54) is 5.56 Å². The molecular weight excluding hydrogens is 348 g/mol. The van der Waals surface area contributed by atoms with E-state index in [4.69, 9.17) is 0 Å². The van der Waals surface area contributed by atoms with E-state index in [-0.39, 0.29) is 5.75 Å². The predicted octanol–water partition coefficient (Wildman–Crippen LogP) is 3.41. The van der Waals surface area contributed by atoms with Gasteiger partial charge in [0.05, 0.1) is 5.75 Å². The molecule has 1 fully saturated rings. The third kappa shape index (κ3) is 4.85. The molecule has 26 heavy (non-hydrogen) atoms. The average Bonchev–Trinajstić information content (AvgIpc) is 2.64. The summed E-state index contributed by atoms with van der Waals surface area (Å²) in [6.45, 7) is 3.07. The number of carbonyl (C=O) groups is 1. The number of piperidine rings is 1. The highest BCUT2D eigenvalue weighted by Crippen LogP contribution is 2.27. The Morgan fingerprint density at radius 2 is 1.65 bits per heavy atom. The van der Waals surface area contributed by atoms with E-state index >= 15 is 0 Å². The number of nitrogens with one attached hydrogen (secondary N) is 1. The van der Waals surface area contributed by atoms with E-state index in [9.17, 15) is 13.2 Å². The minimum Gasteiger partial charge on any atom is -0.324 e. The molecule has 0 spiro atoms. The van der Waals surface area contributed by atoms with Crippen molar-refractivity contribution in [3.8, 4) is 0 Å². The lowest BCUT2D eigenvalue weighted by Crippen LogP contribution is -2.46. The molecule has 3 rings (SSSR count). The summed E-state index contributed by atoms with van der Waals surface area (Å²) in [6.07, 6.45) is 1.69. The Morgan fingerprint density at radius 1 is 1.04 bits per heavy atom. The summed E-state index contributed by atoms with van der Waals surface area (Å²) in [5.74, 6) is 0.226. The van der Waals surface area contributed by atoms with Gasteiger partial charge in [0.25, 0.3) is 0 Å². The topological polar surface area (TPSA) is 66.5 Å². The minimum atomic E-state index is -3.70. The Kier molecular flexibility index (Phi) is 5.61. The molecule has 6 heteroatoms. The van der Waals surface area contributed by atoms with Gasteiger partial charge in [0.2, 0.25) is 10.0 Å². The van der Waals surface area contributed by atoms with Gasteiger partial charge in [-0.05, 0) is 36.8 Å². The first-order valence-electron chi connectivity index (χ1n) is 8.83. The van der Waals surface area contributed by atoms with Crippen LogP contribution in [0.1, 0.15) is 35.4 Å². The summed E-state index contributed by atoms with van der Waals surface area (Å²) >= 11 is 0. The standard InChI is InChI=1S/C20H24N2O3S/c1-16-7-9-17(10-8-16)15-26(24,25)21-20(23)22-13-11-19(12-14-22)18-5-3-2-4-6-18/h2-10,19H,11-15H2,1H3,(H,21,23). The molecule has 2 aromatic carbocycles. The highest BCUT2D eigenvalue weighted by atomic mass is 32.2. The van der Waals surface area contributed by atoms with Crippen LogP contribution in [0.15, 0.2) is 54.6 Å². The highest BCUT2D eigenvalue weighted by Gasteiger charge is 2.26. The van der Waals surface area contributed by atoms with Gasteiger partial charge in [0.15, 0.2) is 0 Å². The molecule has 0 saturated carbocycles. The van der Waals surface area contributed by atoms with Gasteiger partial charge in [-0.2, -0.15) is 0 Å². The first-order chi connectivity index (χ1) is 12.4. The van der Waals surface area contributed by atoms with Crippen LogP contribution in [0, 0.1) is 6.92 Å². The second kappa shape index (κ2) is 7.91. The number of urea groups is 1. The Hall–Kier alpha value is -2.34. The number of carbonyl (C=O) groups excluding carboxylic acids is 1. The van der Waals surface area contributed by atoms with Crippen molar-refractivity contribution in [1.82, 2.24) is 9.62 Å². The molecule has 1 N–H and O–H groups in total. The molecule has 0 bridgehead atoms. The number of benzene rings is 2. The molecule has 0 radical (unpaired) electrons. The van der Waals surface area contributed by atoms with E-state index in [0.717, 1.165) is 18.4 Å². The number of hydrogen-bond donors (Lipinski definition) is 1. The Morgan fingerprint density at radius 3 is 2.27 bits per heavy atom. The molecule has 0 aliphatic carbocycles. The maximum Gasteiger partial charge on any atom is 0.331 e. The summed E-state index contributed by atoms with van der Waals surface area (Å²) in [5, 5.41) is 0. The summed E-state index contributed by atoms with van der Waals surface area (Å²) in [6, 6.07) is 17.0. The molecule has 5 nitrogen and oxygen atoms in total. The second-order valence-electron chi connectivity index (χ2n) is 6.82. The van der Waals surface area contributed by atoms with Crippen LogP contribution in [0.5, 0.6) is 0 Å². The van der Waals surface area contributed by atoms with E-state index in [1.54, 1.807) is 17.0 Å². The molecule has 1 aliphatic heterocycles. The predicted molar refractivity (Wildman–Crippen MR) is 102 cm³/mol. The van der Waals surface area contributed by atoms with E-state index < -0.39 is 16.1 Å². The lowest BCUT2D eigenvalue weighted by molar-refractivity contribution is 0.187. The smallest absolute Gasteiger partial charge is 0.324 e. The van der Waals surface area contributed by atoms with Gasteiger partial charge in [0, 0.05) is 13.1 Å². The molecule has 0 unspecified atom stereocenters. The molecule has 138 valence electrons. The fourth-order valence-corrected chi connectivity index (χ4v) is 4.38. The van der Waals surface area contributed by atoms with Crippen LogP contribution in [0.3, 0.4) is 0 Å². The highest BCUT2D eigenvalue weighted by molar-refractivity contribution is 7.89. The monoisotopic (exact) mass is 372 g/mol. The van der Waals surface area contributed by atoms with Crippen LogP contribution in [0.2, 0.25) is 0 Å². The molecule has 1 aliphatic rings. The van der Waals surface area contributed by atoms with Crippen LogP contribution in [0.4, 0.5) is 4.79 Å². The maximum absolute atomic E-state index is 12.3. The lowest BCUT2D eigenvalue weighted by atomic mass is 9.90. The van der Waals surface area contributed by atoms with E-state index in [0.29, 0.717) is 24.6 Å². The van der Waals surface area contributed by atoms with Crippen LogP contribution in [0.25, 0.3) is 0 Å². The molecule has 0 atom stereocenters. The van der Waals surface area contributed by atoms with Gasteiger partial charge in [-0.3, -0.25) is 0 Å². The molecule has 2 aromatic rings. The normalized spacial score (nSPS) is 15.7. The number of aryl methyl sites for hydroxylation is 1. The minimum absolute atomic E-state index is 0.195. The molecule has 1 saturated heterocycles. The van der Waals surface area contributed by atoms with Crippen molar-refractivity contribution >= 4 is 16.1 Å². The van der Waals surface area contributed by atoms with Crippen LogP contribution in [-0.2, 0) is 15.8 Å². The fraction of sp³-hybridized carbons (Fsp3) is 0.350. The first kappa shape index (κ1) is 18.5. The van der Waals surface area contributed by atoms with E-state index in [1.807, 2.05) is 37.3 Å². The lowest BCUT2D eigenvalue weighted by Gasteiger charge is -2.32. The Balaban J connectivity index is 1.54. The number of hydrogen-bond acceptors (Lipinski definition) is 3. The van der Waals surface area contributed by atoms with E-state index in [2.05, 4.69) is 16.9 Å². The summed E-state index contributed by atoms with van der Waals surface area (Å²) in [7, 11) is -3.70. The number of likely N-dealkylation sites (tertiary alicyclic amines) is 1. The SMILES string of the molecule is Cc1ccc(CS(=O)(=O)NC(=O)N2CCC(c3ccccc3)CC2)cc1. The quantitative estimate of drug-likeness (QED) is 0.894. The summed E-state index contributed by atoms with van der Waals surface area (Å²) in [5.41, 5.74) is 3.01. The zero-order valence-corrected chi connectivity index (χ0v) is 15.7. The fourth-order valence-electron chi connectivity index (χ4n) is 3.28. The van der Waals surface area contributed by atoms with Crippen LogP contribution in [-0.4, -0.2) is 32.4 Å². The molecule has 1 heterocycles. The number of sulfonamides is 1. The van der Waals surface area contributed by atoms with Crippen molar-refractivity contribution < 1.29 is 13.2 Å². The third-order valence-electron chi connectivity index (χ3n) is 4.77. The van der Waals surface area contributed by atoms with Gasteiger partial charge >= 0.3 is 6.03 Å². The van der Waals surface area contributed by atoms with Crippen molar-refractivity contribution in [2.24, 2.45) is 0 Å². The van der Waals surface area contributed by atoms with Crippen molar-refractivity contribution in [1.29, 1.82) is 0 Å². The summed E-state index contributed by atoms with van der Waals surface area (Å²) in [4.78, 5) is 13.9. The van der Waals surface area contributed by atoms with Crippen molar-refractivity contribution in [2.45, 2.75) is 31.4 Å². The van der Waals surface area contributed by atoms with Gasteiger partial charge in [-0.1, -0.05) is 60.2 Å². The largest absolute Gasteiger partial charge is 0.331 e. The third-order valence-corrected chi connectivity index (χ3v) is 5.97. The van der Waals surface area contributed by atoms with Gasteiger partial charge in [-0.15, -0.1) is 0 Å². The molecular formula is C20H24N2O3S. The zero-order valence-electron chi connectivity index (χ0n) is 14.9. The van der Waals surface area contributed by atoms with Crippen molar-refractivity contribution in [3.05, 3.63) is 71.3 Å². The average molecular weight is 372 g/mol. The molecule has 2 amide bonds. The second-order valence-corrected chi connectivity index (χ2v) is 8.55. The Labute approximate surface area is 155 Å². The van der Waals surface area contributed by atoms with Gasteiger partial charge in [0.1, 0.15) is 0 Å². The molecule has 0 aromatic heterocycles.